The molecule has 0 saturated carbocycles. The molecule has 2 nitrogen and oxygen atoms in total. The summed E-state index contributed by atoms with van der Waals surface area (Å²) in [6, 6.07) is 11.3. The molecule has 2 rings (SSSR count). The third kappa shape index (κ3) is 4.16. The molecule has 1 aromatic heterocycles. The van der Waals surface area contributed by atoms with Gasteiger partial charge in [-0.3, -0.25) is 9.69 Å². The predicted octanol–water partition coefficient (Wildman–Crippen LogP) is 4.11. The molecule has 0 bridgehead atoms. The van der Waals surface area contributed by atoms with E-state index in [1.54, 1.807) is 23.5 Å². The molecular weight excluding hydrogens is 278 g/mol. The minimum Gasteiger partial charge on any atom is -0.293 e. The lowest BCUT2D eigenvalue weighted by molar-refractivity contribution is 0.0930. The normalized spacial score (nSPS) is 10.9. The van der Waals surface area contributed by atoms with Gasteiger partial charge in [0.05, 0.1) is 6.54 Å². The Labute approximate surface area is 122 Å². The maximum atomic E-state index is 12.2. The van der Waals surface area contributed by atoms with Crippen molar-refractivity contribution < 1.29 is 4.79 Å². The number of ketones is 1. The zero-order valence-corrected chi connectivity index (χ0v) is 12.4. The lowest BCUT2D eigenvalue weighted by atomic mass is 10.1. The van der Waals surface area contributed by atoms with E-state index in [0.717, 1.165) is 13.1 Å². The Morgan fingerprint density at radius 2 is 2.16 bits per heavy atom. The quantitative estimate of drug-likeness (QED) is 0.747. The maximum absolute atomic E-state index is 12.2. The highest BCUT2D eigenvalue weighted by molar-refractivity contribution is 7.09. The molecule has 0 fully saturated rings. The van der Waals surface area contributed by atoms with Crippen molar-refractivity contribution in [2.75, 3.05) is 13.1 Å². The number of halogens is 1. The van der Waals surface area contributed by atoms with E-state index < -0.39 is 0 Å². The zero-order chi connectivity index (χ0) is 13.7. The summed E-state index contributed by atoms with van der Waals surface area (Å²) in [5, 5.41) is 2.66. The molecule has 0 amide bonds. The van der Waals surface area contributed by atoms with Crippen LogP contribution in [0.4, 0.5) is 0 Å². The second-order valence-corrected chi connectivity index (χ2v) is 5.78. The van der Waals surface area contributed by atoms with Crippen LogP contribution in [-0.4, -0.2) is 23.8 Å². The molecule has 0 aliphatic rings. The van der Waals surface area contributed by atoms with Gasteiger partial charge in [0, 0.05) is 22.0 Å². The van der Waals surface area contributed by atoms with Crippen LogP contribution >= 0.6 is 22.9 Å². The molecule has 0 N–H and O–H groups in total. The average molecular weight is 294 g/mol. The Bertz CT molecular complexity index is 539. The van der Waals surface area contributed by atoms with Crippen LogP contribution in [0.15, 0.2) is 41.8 Å². The highest BCUT2D eigenvalue weighted by atomic mass is 35.5. The van der Waals surface area contributed by atoms with Gasteiger partial charge in [0.2, 0.25) is 0 Å². The zero-order valence-electron chi connectivity index (χ0n) is 10.8. The van der Waals surface area contributed by atoms with Gasteiger partial charge >= 0.3 is 0 Å². The van der Waals surface area contributed by atoms with Crippen molar-refractivity contribution in [2.45, 2.75) is 13.5 Å². The molecule has 2 aromatic rings. The molecule has 100 valence electrons. The van der Waals surface area contributed by atoms with Crippen molar-refractivity contribution in [1.82, 2.24) is 4.90 Å². The van der Waals surface area contributed by atoms with Crippen LogP contribution in [0.2, 0.25) is 5.02 Å². The summed E-state index contributed by atoms with van der Waals surface area (Å²) in [6.07, 6.45) is 0. The molecular formula is C15H16ClNOS. The number of carbonyl (C=O) groups is 1. The SMILES string of the molecule is CCN(CC(=O)c1cccc(Cl)c1)Cc1cccs1. The molecule has 0 aliphatic heterocycles. The van der Waals surface area contributed by atoms with Gasteiger partial charge in [-0.15, -0.1) is 11.3 Å². The fraction of sp³-hybridized carbons (Fsp3) is 0.267. The van der Waals surface area contributed by atoms with Crippen molar-refractivity contribution in [3.05, 3.63) is 57.2 Å². The Balaban J connectivity index is 2.00. The largest absolute Gasteiger partial charge is 0.293 e. The Morgan fingerprint density at radius 3 is 2.79 bits per heavy atom. The number of hydrogen-bond acceptors (Lipinski definition) is 3. The number of nitrogens with zero attached hydrogens (tertiary/aromatic N) is 1. The van der Waals surface area contributed by atoms with Crippen LogP contribution in [-0.2, 0) is 6.54 Å². The van der Waals surface area contributed by atoms with E-state index in [4.69, 9.17) is 11.6 Å². The summed E-state index contributed by atoms with van der Waals surface area (Å²) in [5.41, 5.74) is 0.678. The smallest absolute Gasteiger partial charge is 0.176 e. The van der Waals surface area contributed by atoms with E-state index >= 15 is 0 Å². The van der Waals surface area contributed by atoms with Gasteiger partial charge in [0.25, 0.3) is 0 Å². The van der Waals surface area contributed by atoms with Crippen molar-refractivity contribution >= 4 is 28.7 Å². The van der Waals surface area contributed by atoms with Gasteiger partial charge in [-0.2, -0.15) is 0 Å². The van der Waals surface area contributed by atoms with E-state index in [9.17, 15) is 4.79 Å². The summed E-state index contributed by atoms with van der Waals surface area (Å²) in [6.45, 7) is 4.16. The standard InChI is InChI=1S/C15H16ClNOS/c1-2-17(10-14-7-4-8-19-14)11-15(18)12-5-3-6-13(16)9-12/h3-9H,2,10-11H2,1H3. The molecule has 0 radical (unpaired) electrons. The summed E-state index contributed by atoms with van der Waals surface area (Å²) in [5.74, 6) is 0.112. The van der Waals surface area contributed by atoms with E-state index in [1.807, 2.05) is 18.2 Å². The van der Waals surface area contributed by atoms with Crippen molar-refractivity contribution in [3.63, 3.8) is 0 Å². The molecule has 0 unspecified atom stereocenters. The second kappa shape index (κ2) is 6.85. The fourth-order valence-corrected chi connectivity index (χ4v) is 2.80. The topological polar surface area (TPSA) is 20.3 Å². The number of Topliss-reactive ketones (excluding diaryl/α,β-unsaturated/α-hetero) is 1. The Kier molecular flexibility index (Phi) is 5.14. The van der Waals surface area contributed by atoms with Crippen molar-refractivity contribution in [3.8, 4) is 0 Å². The van der Waals surface area contributed by atoms with Gasteiger partial charge < -0.3 is 0 Å². The number of hydrogen-bond donors (Lipinski definition) is 0. The summed E-state index contributed by atoms with van der Waals surface area (Å²) >= 11 is 7.63. The van der Waals surface area contributed by atoms with Crippen LogP contribution in [0, 0.1) is 0 Å². The summed E-state index contributed by atoms with van der Waals surface area (Å²) in [4.78, 5) is 15.6. The summed E-state index contributed by atoms with van der Waals surface area (Å²) < 4.78 is 0. The van der Waals surface area contributed by atoms with Gasteiger partial charge in [0.15, 0.2) is 5.78 Å². The predicted molar refractivity (Wildman–Crippen MR) is 81.1 cm³/mol. The Morgan fingerprint density at radius 1 is 1.32 bits per heavy atom. The first-order valence-corrected chi connectivity index (χ1v) is 7.48. The number of thiophene rings is 1. The highest BCUT2D eigenvalue weighted by Gasteiger charge is 2.12. The van der Waals surface area contributed by atoms with Gasteiger partial charge in [-0.05, 0) is 30.1 Å². The third-order valence-corrected chi connectivity index (χ3v) is 4.02. The first kappa shape index (κ1) is 14.3. The molecule has 1 aromatic carbocycles. The van der Waals surface area contributed by atoms with Crippen molar-refractivity contribution in [1.29, 1.82) is 0 Å². The van der Waals surface area contributed by atoms with E-state index in [2.05, 4.69) is 23.3 Å². The molecule has 0 saturated heterocycles. The molecule has 1 heterocycles. The average Bonchev–Trinajstić information content (AvgIpc) is 2.90. The number of benzene rings is 1. The van der Waals surface area contributed by atoms with E-state index in [0.29, 0.717) is 17.1 Å². The van der Waals surface area contributed by atoms with Crippen LogP contribution in [0.5, 0.6) is 0 Å². The van der Waals surface area contributed by atoms with Crippen LogP contribution in [0.3, 0.4) is 0 Å². The van der Waals surface area contributed by atoms with E-state index in [1.165, 1.54) is 4.88 Å². The first-order chi connectivity index (χ1) is 9.19. The number of carbonyl (C=O) groups excluding carboxylic acids is 1. The van der Waals surface area contributed by atoms with Crippen molar-refractivity contribution in [2.24, 2.45) is 0 Å². The number of likely N-dealkylation sites (N-methyl/N-ethyl adjacent to an activating group) is 1. The first-order valence-electron chi connectivity index (χ1n) is 6.22. The maximum Gasteiger partial charge on any atom is 0.176 e. The fourth-order valence-electron chi connectivity index (χ4n) is 1.86. The molecule has 0 atom stereocenters. The molecule has 0 aliphatic carbocycles. The molecule has 19 heavy (non-hydrogen) atoms. The van der Waals surface area contributed by atoms with Crippen LogP contribution < -0.4 is 0 Å². The lowest BCUT2D eigenvalue weighted by Crippen LogP contribution is -2.29. The molecule has 0 spiro atoms. The van der Waals surface area contributed by atoms with Gasteiger partial charge in [-0.25, -0.2) is 0 Å². The Hall–Kier alpha value is -1.16. The third-order valence-electron chi connectivity index (χ3n) is 2.92. The monoisotopic (exact) mass is 293 g/mol. The number of rotatable bonds is 6. The van der Waals surface area contributed by atoms with Crippen LogP contribution in [0.1, 0.15) is 22.2 Å². The van der Waals surface area contributed by atoms with E-state index in [-0.39, 0.29) is 5.78 Å². The van der Waals surface area contributed by atoms with Gasteiger partial charge in [0.1, 0.15) is 0 Å². The minimum absolute atomic E-state index is 0.112. The minimum atomic E-state index is 0.112. The van der Waals surface area contributed by atoms with Crippen LogP contribution in [0.25, 0.3) is 0 Å². The molecule has 4 heteroatoms. The van der Waals surface area contributed by atoms with Gasteiger partial charge in [-0.1, -0.05) is 36.7 Å². The summed E-state index contributed by atoms with van der Waals surface area (Å²) in [7, 11) is 0. The lowest BCUT2D eigenvalue weighted by Gasteiger charge is -2.18. The second-order valence-electron chi connectivity index (χ2n) is 4.32. The highest BCUT2D eigenvalue weighted by Crippen LogP contribution is 2.14.